The lowest BCUT2D eigenvalue weighted by Crippen LogP contribution is -2.27. The van der Waals surface area contributed by atoms with Crippen molar-refractivity contribution in [2.45, 2.75) is 6.92 Å². The van der Waals surface area contributed by atoms with E-state index in [4.69, 9.17) is 0 Å². The predicted molar refractivity (Wildman–Crippen MR) is 110 cm³/mol. The SMILES string of the molecule is CCN1C(=O)C(=C(C#N)C(=O)Nc2cccc3ccccc23)c2ccccc21. The van der Waals surface area contributed by atoms with Gasteiger partial charge >= 0.3 is 0 Å². The number of nitriles is 1. The molecule has 0 bridgehead atoms. The van der Waals surface area contributed by atoms with E-state index in [-0.39, 0.29) is 17.1 Å². The van der Waals surface area contributed by atoms with E-state index in [0.29, 0.717) is 17.8 Å². The number of para-hydroxylation sites is 1. The summed E-state index contributed by atoms with van der Waals surface area (Å²) >= 11 is 0. The zero-order chi connectivity index (χ0) is 19.7. The Morgan fingerprint density at radius 1 is 1.04 bits per heavy atom. The molecule has 0 unspecified atom stereocenters. The third-order valence-corrected chi connectivity index (χ3v) is 4.87. The first-order valence-corrected chi connectivity index (χ1v) is 9.00. The van der Waals surface area contributed by atoms with Gasteiger partial charge in [-0.2, -0.15) is 5.26 Å². The second-order valence-corrected chi connectivity index (χ2v) is 6.41. The summed E-state index contributed by atoms with van der Waals surface area (Å²) in [5.41, 5.74) is 1.90. The van der Waals surface area contributed by atoms with Gasteiger partial charge in [0.2, 0.25) is 0 Å². The molecule has 0 radical (unpaired) electrons. The van der Waals surface area contributed by atoms with Crippen molar-refractivity contribution in [3.8, 4) is 6.07 Å². The molecule has 1 heterocycles. The molecular weight excluding hydrogens is 350 g/mol. The van der Waals surface area contributed by atoms with Crippen LogP contribution in [0.25, 0.3) is 16.3 Å². The van der Waals surface area contributed by atoms with Crippen molar-refractivity contribution in [3.05, 3.63) is 77.9 Å². The van der Waals surface area contributed by atoms with Gasteiger partial charge in [-0.1, -0.05) is 54.6 Å². The first-order chi connectivity index (χ1) is 13.7. The van der Waals surface area contributed by atoms with Crippen molar-refractivity contribution in [3.63, 3.8) is 0 Å². The van der Waals surface area contributed by atoms with Crippen LogP contribution in [0.4, 0.5) is 11.4 Å². The summed E-state index contributed by atoms with van der Waals surface area (Å²) in [4.78, 5) is 27.4. The summed E-state index contributed by atoms with van der Waals surface area (Å²) in [7, 11) is 0. The number of amides is 2. The van der Waals surface area contributed by atoms with Crippen LogP contribution in [0.1, 0.15) is 12.5 Å². The Kier molecular flexibility index (Phi) is 4.38. The number of carbonyl (C=O) groups is 2. The van der Waals surface area contributed by atoms with Crippen molar-refractivity contribution < 1.29 is 9.59 Å². The molecule has 0 aromatic heterocycles. The number of benzene rings is 3. The summed E-state index contributed by atoms with van der Waals surface area (Å²) in [5, 5.41) is 14.4. The fraction of sp³-hybridized carbons (Fsp3) is 0.0870. The lowest BCUT2D eigenvalue weighted by molar-refractivity contribution is -0.114. The summed E-state index contributed by atoms with van der Waals surface area (Å²) in [6.45, 7) is 2.32. The molecule has 1 aliphatic heterocycles. The molecule has 0 saturated carbocycles. The Morgan fingerprint density at radius 3 is 2.54 bits per heavy atom. The molecule has 0 atom stereocenters. The molecule has 0 saturated heterocycles. The van der Waals surface area contributed by atoms with Crippen molar-refractivity contribution in [2.75, 3.05) is 16.8 Å². The highest BCUT2D eigenvalue weighted by atomic mass is 16.2. The van der Waals surface area contributed by atoms with Crippen LogP contribution in [0.2, 0.25) is 0 Å². The van der Waals surface area contributed by atoms with Gasteiger partial charge in [-0.05, 0) is 24.4 Å². The Balaban J connectivity index is 1.80. The first-order valence-electron chi connectivity index (χ1n) is 9.00. The minimum absolute atomic E-state index is 0.151. The van der Waals surface area contributed by atoms with Crippen LogP contribution in [0.3, 0.4) is 0 Å². The van der Waals surface area contributed by atoms with Crippen molar-refractivity contribution in [2.24, 2.45) is 0 Å². The van der Waals surface area contributed by atoms with E-state index < -0.39 is 5.91 Å². The smallest absolute Gasteiger partial charge is 0.267 e. The summed E-state index contributed by atoms with van der Waals surface area (Å²) in [6, 6.07) is 22.4. The van der Waals surface area contributed by atoms with E-state index in [1.165, 1.54) is 0 Å². The lowest BCUT2D eigenvalue weighted by atomic mass is 10.0. The number of fused-ring (bicyclic) bond motifs is 2. The molecule has 0 spiro atoms. The Labute approximate surface area is 162 Å². The second-order valence-electron chi connectivity index (χ2n) is 6.41. The van der Waals surface area contributed by atoms with Gasteiger partial charge in [0.1, 0.15) is 11.6 Å². The van der Waals surface area contributed by atoms with Crippen LogP contribution in [0.5, 0.6) is 0 Å². The van der Waals surface area contributed by atoms with Crippen LogP contribution in [0, 0.1) is 11.3 Å². The molecule has 4 rings (SSSR count). The van der Waals surface area contributed by atoms with Gasteiger partial charge < -0.3 is 10.2 Å². The maximum Gasteiger partial charge on any atom is 0.267 e. The molecule has 3 aromatic rings. The molecule has 0 fully saturated rings. The number of carbonyl (C=O) groups excluding carboxylic acids is 2. The number of anilines is 2. The molecular formula is C23H17N3O2. The molecule has 136 valence electrons. The lowest BCUT2D eigenvalue weighted by Gasteiger charge is -2.13. The highest BCUT2D eigenvalue weighted by Gasteiger charge is 2.35. The van der Waals surface area contributed by atoms with Crippen LogP contribution in [-0.4, -0.2) is 18.4 Å². The standard InChI is InChI=1S/C23H17N3O2/c1-2-26-20-13-6-5-11-17(20)21(23(26)28)18(14-24)22(27)25-19-12-7-9-15-8-3-4-10-16(15)19/h3-13H,2H2,1H3,(H,25,27). The van der Waals surface area contributed by atoms with Crippen LogP contribution >= 0.6 is 0 Å². The van der Waals surface area contributed by atoms with Gasteiger partial charge in [0.25, 0.3) is 11.8 Å². The average molecular weight is 367 g/mol. The molecule has 3 aromatic carbocycles. The van der Waals surface area contributed by atoms with Gasteiger partial charge in [0.15, 0.2) is 0 Å². The maximum absolute atomic E-state index is 13.0. The van der Waals surface area contributed by atoms with Gasteiger partial charge in [0.05, 0.1) is 11.3 Å². The largest absolute Gasteiger partial charge is 0.321 e. The van der Waals surface area contributed by atoms with Crippen molar-refractivity contribution in [1.82, 2.24) is 0 Å². The van der Waals surface area contributed by atoms with E-state index in [2.05, 4.69) is 5.32 Å². The second kappa shape index (κ2) is 7.01. The zero-order valence-electron chi connectivity index (χ0n) is 15.3. The third kappa shape index (κ3) is 2.72. The van der Waals surface area contributed by atoms with Gasteiger partial charge in [-0.15, -0.1) is 0 Å². The van der Waals surface area contributed by atoms with E-state index in [1.807, 2.05) is 61.5 Å². The van der Waals surface area contributed by atoms with Crippen LogP contribution in [0.15, 0.2) is 72.3 Å². The van der Waals surface area contributed by atoms with Gasteiger partial charge in [0, 0.05) is 23.2 Å². The molecule has 0 aliphatic carbocycles. The number of hydrogen-bond donors (Lipinski definition) is 1. The molecule has 1 aliphatic rings. The third-order valence-electron chi connectivity index (χ3n) is 4.87. The quantitative estimate of drug-likeness (QED) is 0.559. The van der Waals surface area contributed by atoms with Crippen molar-refractivity contribution in [1.29, 1.82) is 5.26 Å². The molecule has 5 nitrogen and oxygen atoms in total. The Hall–Kier alpha value is -3.91. The van der Waals surface area contributed by atoms with E-state index in [0.717, 1.165) is 16.5 Å². The topological polar surface area (TPSA) is 73.2 Å². The fourth-order valence-electron chi connectivity index (χ4n) is 3.57. The normalized spacial score (nSPS) is 14.6. The number of likely N-dealkylation sites (N-methyl/N-ethyl adjacent to an activating group) is 1. The number of hydrogen-bond acceptors (Lipinski definition) is 3. The number of nitrogens with zero attached hydrogens (tertiary/aromatic N) is 2. The van der Waals surface area contributed by atoms with E-state index in [1.54, 1.807) is 23.1 Å². The molecule has 2 amide bonds. The fourth-order valence-corrected chi connectivity index (χ4v) is 3.57. The van der Waals surface area contributed by atoms with Gasteiger partial charge in [-0.25, -0.2) is 0 Å². The summed E-state index contributed by atoms with van der Waals surface area (Å²) < 4.78 is 0. The van der Waals surface area contributed by atoms with Crippen molar-refractivity contribution >= 4 is 39.5 Å². The molecule has 5 heteroatoms. The van der Waals surface area contributed by atoms with Crippen LogP contribution < -0.4 is 10.2 Å². The monoisotopic (exact) mass is 367 g/mol. The van der Waals surface area contributed by atoms with Gasteiger partial charge in [-0.3, -0.25) is 9.59 Å². The number of nitrogens with one attached hydrogen (secondary N) is 1. The minimum Gasteiger partial charge on any atom is -0.321 e. The van der Waals surface area contributed by atoms with Crippen LogP contribution in [-0.2, 0) is 9.59 Å². The Bertz CT molecular complexity index is 1180. The molecule has 28 heavy (non-hydrogen) atoms. The highest BCUT2D eigenvalue weighted by Crippen LogP contribution is 2.38. The average Bonchev–Trinajstić information content (AvgIpc) is 3.00. The predicted octanol–water partition coefficient (Wildman–Crippen LogP) is 4.12. The first kappa shape index (κ1) is 17.5. The zero-order valence-corrected chi connectivity index (χ0v) is 15.3. The van der Waals surface area contributed by atoms with E-state index in [9.17, 15) is 14.9 Å². The Morgan fingerprint density at radius 2 is 1.75 bits per heavy atom. The highest BCUT2D eigenvalue weighted by molar-refractivity contribution is 6.38. The minimum atomic E-state index is -0.588. The number of rotatable bonds is 3. The van der Waals surface area contributed by atoms with E-state index >= 15 is 0 Å². The molecule has 1 N–H and O–H groups in total. The maximum atomic E-state index is 13.0. The summed E-state index contributed by atoms with van der Waals surface area (Å²) in [5.74, 6) is -0.914. The summed E-state index contributed by atoms with van der Waals surface area (Å²) in [6.07, 6.45) is 0.